The number of rotatable bonds is 2. The predicted octanol–water partition coefficient (Wildman–Crippen LogP) is 2.08. The highest BCUT2D eigenvalue weighted by molar-refractivity contribution is 9.11. The Labute approximate surface area is 109 Å². The SMILES string of the molecule is NC(=S)NN=Cc1cc(Br)cc(Br)c1O. The van der Waals surface area contributed by atoms with Gasteiger partial charge in [0.1, 0.15) is 5.75 Å². The van der Waals surface area contributed by atoms with Crippen LogP contribution in [0.4, 0.5) is 0 Å². The molecule has 4 N–H and O–H groups in total. The van der Waals surface area contributed by atoms with Crippen LogP contribution in [-0.4, -0.2) is 16.4 Å². The third-order valence-electron chi connectivity index (χ3n) is 1.44. The predicted molar refractivity (Wildman–Crippen MR) is 71.0 cm³/mol. The van der Waals surface area contributed by atoms with Crippen LogP contribution in [0.25, 0.3) is 0 Å². The molecule has 0 bridgehead atoms. The van der Waals surface area contributed by atoms with Gasteiger partial charge >= 0.3 is 0 Å². The van der Waals surface area contributed by atoms with Crippen LogP contribution in [0.3, 0.4) is 0 Å². The average Bonchev–Trinajstić information content (AvgIpc) is 2.12. The molecule has 0 saturated carbocycles. The summed E-state index contributed by atoms with van der Waals surface area (Å²) in [7, 11) is 0. The Kier molecular flexibility index (Phi) is 4.49. The summed E-state index contributed by atoms with van der Waals surface area (Å²) in [6.45, 7) is 0. The molecule has 1 aromatic carbocycles. The summed E-state index contributed by atoms with van der Waals surface area (Å²) in [5.74, 6) is 0.103. The van der Waals surface area contributed by atoms with E-state index in [1.807, 2.05) is 0 Å². The number of aromatic hydroxyl groups is 1. The fourth-order valence-corrected chi connectivity index (χ4v) is 2.16. The Morgan fingerprint density at radius 3 is 2.80 bits per heavy atom. The van der Waals surface area contributed by atoms with Gasteiger partial charge in [0.15, 0.2) is 5.11 Å². The highest BCUT2D eigenvalue weighted by Gasteiger charge is 2.04. The molecule has 0 unspecified atom stereocenters. The molecule has 15 heavy (non-hydrogen) atoms. The van der Waals surface area contributed by atoms with Crippen molar-refractivity contribution >= 4 is 55.4 Å². The largest absolute Gasteiger partial charge is 0.506 e. The van der Waals surface area contributed by atoms with E-state index < -0.39 is 0 Å². The number of nitrogens with two attached hydrogens (primary N) is 1. The number of hydrogen-bond acceptors (Lipinski definition) is 3. The van der Waals surface area contributed by atoms with Crippen molar-refractivity contribution in [1.82, 2.24) is 5.43 Å². The first-order chi connectivity index (χ1) is 7.00. The van der Waals surface area contributed by atoms with Gasteiger partial charge in [0, 0.05) is 10.0 Å². The Balaban J connectivity index is 2.94. The maximum Gasteiger partial charge on any atom is 0.184 e. The third kappa shape index (κ3) is 3.77. The Bertz CT molecular complexity index is 423. The number of benzene rings is 1. The van der Waals surface area contributed by atoms with Crippen LogP contribution in [0.15, 0.2) is 26.2 Å². The van der Waals surface area contributed by atoms with E-state index in [2.05, 4.69) is 54.6 Å². The zero-order chi connectivity index (χ0) is 11.4. The molecule has 0 fully saturated rings. The smallest absolute Gasteiger partial charge is 0.184 e. The van der Waals surface area contributed by atoms with Crippen molar-refractivity contribution in [3.8, 4) is 5.75 Å². The van der Waals surface area contributed by atoms with Crippen LogP contribution >= 0.6 is 44.1 Å². The number of hydrogen-bond donors (Lipinski definition) is 3. The Morgan fingerprint density at radius 1 is 1.53 bits per heavy atom. The van der Waals surface area contributed by atoms with Crippen molar-refractivity contribution < 1.29 is 5.11 Å². The number of nitrogens with one attached hydrogen (secondary N) is 1. The molecule has 0 aliphatic rings. The van der Waals surface area contributed by atoms with Crippen molar-refractivity contribution in [3.05, 3.63) is 26.6 Å². The van der Waals surface area contributed by atoms with Gasteiger partial charge in [-0.25, -0.2) is 0 Å². The minimum absolute atomic E-state index is 0.0693. The second-order valence-corrected chi connectivity index (χ2v) is 4.77. The van der Waals surface area contributed by atoms with E-state index >= 15 is 0 Å². The van der Waals surface area contributed by atoms with Crippen molar-refractivity contribution in [2.75, 3.05) is 0 Å². The molecule has 0 radical (unpaired) electrons. The van der Waals surface area contributed by atoms with Crippen molar-refractivity contribution in [2.24, 2.45) is 10.8 Å². The lowest BCUT2D eigenvalue weighted by Crippen LogP contribution is -2.23. The van der Waals surface area contributed by atoms with Crippen LogP contribution in [0.1, 0.15) is 5.56 Å². The molecule has 0 aliphatic carbocycles. The van der Waals surface area contributed by atoms with Gasteiger partial charge in [0.2, 0.25) is 0 Å². The van der Waals surface area contributed by atoms with E-state index in [1.54, 1.807) is 12.1 Å². The van der Waals surface area contributed by atoms with Crippen molar-refractivity contribution in [2.45, 2.75) is 0 Å². The van der Waals surface area contributed by atoms with Gasteiger partial charge in [-0.3, -0.25) is 5.43 Å². The van der Waals surface area contributed by atoms with Gasteiger partial charge in [-0.15, -0.1) is 0 Å². The zero-order valence-corrected chi connectivity index (χ0v) is 11.4. The van der Waals surface area contributed by atoms with Gasteiger partial charge in [-0.05, 0) is 40.3 Å². The fraction of sp³-hybridized carbons (Fsp3) is 0. The van der Waals surface area contributed by atoms with Gasteiger partial charge in [0.05, 0.1) is 10.7 Å². The highest BCUT2D eigenvalue weighted by atomic mass is 79.9. The Morgan fingerprint density at radius 2 is 2.20 bits per heavy atom. The molecule has 0 saturated heterocycles. The fourth-order valence-electron chi connectivity index (χ4n) is 0.850. The number of phenolic OH excluding ortho intramolecular Hbond substituents is 1. The highest BCUT2D eigenvalue weighted by Crippen LogP contribution is 2.30. The number of hydrazone groups is 1. The van der Waals surface area contributed by atoms with Gasteiger partial charge < -0.3 is 10.8 Å². The summed E-state index contributed by atoms with van der Waals surface area (Å²) in [6, 6.07) is 3.44. The van der Waals surface area contributed by atoms with E-state index in [-0.39, 0.29) is 10.9 Å². The number of thiocarbonyl (C=S) groups is 1. The van der Waals surface area contributed by atoms with Gasteiger partial charge in [-0.1, -0.05) is 15.9 Å². The summed E-state index contributed by atoms with van der Waals surface area (Å²) in [6.07, 6.45) is 1.42. The number of halogens is 2. The minimum Gasteiger partial charge on any atom is -0.506 e. The summed E-state index contributed by atoms with van der Waals surface area (Å²) >= 11 is 11.1. The average molecular weight is 353 g/mol. The molecule has 4 nitrogen and oxygen atoms in total. The quantitative estimate of drug-likeness (QED) is 0.433. The van der Waals surface area contributed by atoms with Crippen LogP contribution in [0.5, 0.6) is 5.75 Å². The van der Waals surface area contributed by atoms with Crippen molar-refractivity contribution in [1.29, 1.82) is 0 Å². The Hall–Kier alpha value is -0.660. The van der Waals surface area contributed by atoms with E-state index in [4.69, 9.17) is 5.73 Å². The minimum atomic E-state index is 0.0693. The molecule has 80 valence electrons. The van der Waals surface area contributed by atoms with E-state index in [9.17, 15) is 5.11 Å². The lowest BCUT2D eigenvalue weighted by molar-refractivity contribution is 0.471. The van der Waals surface area contributed by atoms with E-state index in [0.717, 1.165) is 4.47 Å². The molecule has 0 spiro atoms. The van der Waals surface area contributed by atoms with E-state index in [1.165, 1.54) is 6.21 Å². The molecule has 0 aliphatic heterocycles. The first-order valence-corrected chi connectivity index (χ1v) is 5.76. The zero-order valence-electron chi connectivity index (χ0n) is 7.37. The monoisotopic (exact) mass is 351 g/mol. The summed E-state index contributed by atoms with van der Waals surface area (Å²) in [5, 5.41) is 13.4. The molecule has 7 heteroatoms. The molecular formula is C8H7Br2N3OS. The third-order valence-corrected chi connectivity index (χ3v) is 2.59. The first-order valence-electron chi connectivity index (χ1n) is 3.77. The van der Waals surface area contributed by atoms with Crippen LogP contribution in [0, 0.1) is 0 Å². The lowest BCUT2D eigenvalue weighted by Gasteiger charge is -2.02. The second kappa shape index (κ2) is 5.43. The van der Waals surface area contributed by atoms with Crippen LogP contribution in [-0.2, 0) is 0 Å². The first kappa shape index (κ1) is 12.4. The molecule has 0 heterocycles. The molecule has 0 atom stereocenters. The topological polar surface area (TPSA) is 70.6 Å². The van der Waals surface area contributed by atoms with Crippen LogP contribution < -0.4 is 11.2 Å². The molecule has 1 rings (SSSR count). The standard InChI is InChI=1S/C8H7Br2N3OS/c9-5-1-4(3-12-13-8(11)15)7(14)6(10)2-5/h1-3,14H,(H3,11,13,15). The lowest BCUT2D eigenvalue weighted by atomic mass is 10.2. The molecule has 1 aromatic rings. The number of nitrogens with zero attached hydrogens (tertiary/aromatic N) is 1. The van der Waals surface area contributed by atoms with E-state index in [0.29, 0.717) is 10.0 Å². The van der Waals surface area contributed by atoms with Gasteiger partial charge in [0.25, 0.3) is 0 Å². The summed E-state index contributed by atoms with van der Waals surface area (Å²) in [5.41, 5.74) is 8.12. The normalized spacial score (nSPS) is 10.5. The summed E-state index contributed by atoms with van der Waals surface area (Å²) < 4.78 is 1.40. The molecular weight excluding hydrogens is 346 g/mol. The maximum absolute atomic E-state index is 9.64. The number of phenols is 1. The maximum atomic E-state index is 9.64. The van der Waals surface area contributed by atoms with Crippen molar-refractivity contribution in [3.63, 3.8) is 0 Å². The molecule has 0 amide bonds. The van der Waals surface area contributed by atoms with Crippen LogP contribution in [0.2, 0.25) is 0 Å². The van der Waals surface area contributed by atoms with Gasteiger partial charge in [-0.2, -0.15) is 5.10 Å². The second-order valence-electron chi connectivity index (χ2n) is 2.56. The summed E-state index contributed by atoms with van der Waals surface area (Å²) in [4.78, 5) is 0. The molecule has 0 aromatic heterocycles.